The number of anilines is 1. The van der Waals surface area contributed by atoms with Gasteiger partial charge in [-0.2, -0.15) is 0 Å². The van der Waals surface area contributed by atoms with Gasteiger partial charge in [0.05, 0.1) is 21.9 Å². The highest BCUT2D eigenvalue weighted by Crippen LogP contribution is 2.44. The Kier molecular flexibility index (Phi) is 6.05. The topological polar surface area (TPSA) is 102 Å². The lowest BCUT2D eigenvalue weighted by Gasteiger charge is -2.26. The molecule has 1 aromatic heterocycles. The van der Waals surface area contributed by atoms with Gasteiger partial charge in [0.1, 0.15) is 5.82 Å². The van der Waals surface area contributed by atoms with Crippen LogP contribution >= 0.6 is 11.6 Å². The Labute approximate surface area is 205 Å². The molecule has 1 fully saturated rings. The summed E-state index contributed by atoms with van der Waals surface area (Å²) in [6, 6.07) is 8.62. The molecule has 2 aromatic carbocycles. The average Bonchev–Trinajstić information content (AvgIpc) is 3.38. The summed E-state index contributed by atoms with van der Waals surface area (Å²) in [6.45, 7) is 0.497. The number of nitrogens with two attached hydrogens (primary N) is 1. The number of alkyl halides is 2. The molecule has 1 aliphatic carbocycles. The van der Waals surface area contributed by atoms with Gasteiger partial charge in [-0.3, -0.25) is 0 Å². The summed E-state index contributed by atoms with van der Waals surface area (Å²) < 4.78 is 73.9. The van der Waals surface area contributed by atoms with Crippen molar-refractivity contribution in [1.82, 2.24) is 10.2 Å². The van der Waals surface area contributed by atoms with Crippen LogP contribution in [0.5, 0.6) is 0 Å². The normalized spacial score (nSPS) is 23.2. The van der Waals surface area contributed by atoms with Gasteiger partial charge in [0.15, 0.2) is 9.84 Å². The lowest BCUT2D eigenvalue weighted by molar-refractivity contribution is 0.00705. The molecule has 1 unspecified atom stereocenters. The maximum absolute atomic E-state index is 15.2. The SMILES string of the molecule is N[C@@H]1CN(Cc2ccc(Cl)cc2)c2cc(-c3nnc(C4CCC(F)(F)C4)o3)c(F)cc2S(=O)(=O)C1. The summed E-state index contributed by atoms with van der Waals surface area (Å²) in [5.74, 6) is -4.82. The Morgan fingerprint density at radius 3 is 2.63 bits per heavy atom. The monoisotopic (exact) mass is 526 g/mol. The molecule has 35 heavy (non-hydrogen) atoms. The molecule has 0 spiro atoms. The Balaban J connectivity index is 1.55. The molecule has 3 aromatic rings. The van der Waals surface area contributed by atoms with Crippen molar-refractivity contribution in [2.75, 3.05) is 17.2 Å². The molecular weight excluding hydrogens is 505 g/mol. The summed E-state index contributed by atoms with van der Waals surface area (Å²) in [5, 5.41) is 8.30. The third-order valence-electron chi connectivity index (χ3n) is 6.32. The largest absolute Gasteiger partial charge is 0.420 e. The summed E-state index contributed by atoms with van der Waals surface area (Å²) in [5.41, 5.74) is 7.08. The molecule has 0 amide bonds. The first-order chi connectivity index (χ1) is 16.5. The minimum atomic E-state index is -3.88. The van der Waals surface area contributed by atoms with Crippen LogP contribution in [-0.4, -0.2) is 42.9 Å². The van der Waals surface area contributed by atoms with Crippen molar-refractivity contribution in [1.29, 1.82) is 0 Å². The third kappa shape index (κ3) is 4.89. The van der Waals surface area contributed by atoms with Crippen LogP contribution in [-0.2, 0) is 16.4 Å². The lowest BCUT2D eigenvalue weighted by atomic mass is 10.1. The van der Waals surface area contributed by atoms with Gasteiger partial charge in [-0.1, -0.05) is 23.7 Å². The van der Waals surface area contributed by atoms with Crippen LogP contribution in [0.15, 0.2) is 45.7 Å². The predicted octanol–water partition coefficient (Wildman–Crippen LogP) is 4.55. The molecule has 2 aliphatic rings. The van der Waals surface area contributed by atoms with E-state index in [0.29, 0.717) is 11.6 Å². The van der Waals surface area contributed by atoms with Crippen molar-refractivity contribution in [2.24, 2.45) is 5.73 Å². The second kappa shape index (κ2) is 8.79. The fourth-order valence-electron chi connectivity index (χ4n) is 4.64. The van der Waals surface area contributed by atoms with Gasteiger partial charge < -0.3 is 15.1 Å². The van der Waals surface area contributed by atoms with E-state index in [1.807, 2.05) is 0 Å². The minimum absolute atomic E-state index is 0.0131. The highest BCUT2D eigenvalue weighted by atomic mass is 35.5. The molecule has 1 aliphatic heterocycles. The Morgan fingerprint density at radius 2 is 1.94 bits per heavy atom. The van der Waals surface area contributed by atoms with Crippen molar-refractivity contribution in [2.45, 2.75) is 48.6 Å². The number of sulfone groups is 1. The maximum Gasteiger partial charge on any atom is 0.250 e. The van der Waals surface area contributed by atoms with Crippen LogP contribution in [0.2, 0.25) is 5.02 Å². The summed E-state index contributed by atoms with van der Waals surface area (Å²) in [7, 11) is -3.88. The first kappa shape index (κ1) is 24.1. The van der Waals surface area contributed by atoms with Crippen molar-refractivity contribution < 1.29 is 26.0 Å². The van der Waals surface area contributed by atoms with E-state index >= 15 is 4.39 Å². The van der Waals surface area contributed by atoms with Crippen LogP contribution < -0.4 is 10.6 Å². The molecule has 2 N–H and O–H groups in total. The average molecular weight is 527 g/mol. The van der Waals surface area contributed by atoms with Gasteiger partial charge in [0.25, 0.3) is 5.89 Å². The van der Waals surface area contributed by atoms with Crippen LogP contribution in [0.3, 0.4) is 0 Å². The standard InChI is InChI=1S/C23H22ClF3N4O3S/c24-15-3-1-13(2-4-15)10-31-11-16(28)12-35(32,33)20-8-18(25)17(7-19(20)31)22-30-29-21(34-22)14-5-6-23(26,27)9-14/h1-4,7-8,14,16H,5-6,9-12,28H2/t14?,16-/m1/s1. The molecule has 7 nitrogen and oxygen atoms in total. The number of halogens is 4. The highest BCUT2D eigenvalue weighted by Gasteiger charge is 2.42. The van der Waals surface area contributed by atoms with Gasteiger partial charge in [0, 0.05) is 42.9 Å². The molecule has 2 atom stereocenters. The number of hydrogen-bond acceptors (Lipinski definition) is 7. The van der Waals surface area contributed by atoms with E-state index in [0.717, 1.165) is 11.6 Å². The Morgan fingerprint density at radius 1 is 1.20 bits per heavy atom. The quantitative estimate of drug-likeness (QED) is 0.532. The van der Waals surface area contributed by atoms with E-state index in [9.17, 15) is 17.2 Å². The van der Waals surface area contributed by atoms with E-state index in [1.165, 1.54) is 6.07 Å². The van der Waals surface area contributed by atoms with Gasteiger partial charge in [-0.15, -0.1) is 10.2 Å². The molecule has 0 radical (unpaired) electrons. The third-order valence-corrected chi connectivity index (χ3v) is 8.44. The molecule has 186 valence electrons. The van der Waals surface area contributed by atoms with Crippen molar-refractivity contribution >= 4 is 27.1 Å². The van der Waals surface area contributed by atoms with Crippen molar-refractivity contribution in [3.05, 3.63) is 58.7 Å². The van der Waals surface area contributed by atoms with Gasteiger partial charge in [-0.05, 0) is 36.2 Å². The Bertz CT molecular complexity index is 1360. The van der Waals surface area contributed by atoms with E-state index in [1.54, 1.807) is 29.2 Å². The summed E-state index contributed by atoms with van der Waals surface area (Å²) in [6.07, 6.45) is -0.501. The number of aromatic nitrogens is 2. The van der Waals surface area contributed by atoms with E-state index in [-0.39, 0.29) is 53.1 Å². The van der Waals surface area contributed by atoms with Gasteiger partial charge in [0.2, 0.25) is 11.8 Å². The van der Waals surface area contributed by atoms with Gasteiger partial charge >= 0.3 is 0 Å². The number of rotatable bonds is 4. The zero-order valence-electron chi connectivity index (χ0n) is 18.4. The first-order valence-electron chi connectivity index (χ1n) is 11.0. The molecule has 2 heterocycles. The fourth-order valence-corrected chi connectivity index (χ4v) is 6.40. The van der Waals surface area contributed by atoms with Crippen LogP contribution in [0.4, 0.5) is 18.9 Å². The number of nitrogens with zero attached hydrogens (tertiary/aromatic N) is 3. The lowest BCUT2D eigenvalue weighted by Crippen LogP contribution is -2.39. The second-order valence-corrected chi connectivity index (χ2v) is 11.5. The minimum Gasteiger partial charge on any atom is -0.420 e. The summed E-state index contributed by atoms with van der Waals surface area (Å²) in [4.78, 5) is 1.57. The van der Waals surface area contributed by atoms with E-state index in [4.69, 9.17) is 21.8 Å². The van der Waals surface area contributed by atoms with E-state index in [2.05, 4.69) is 10.2 Å². The van der Waals surface area contributed by atoms with Gasteiger partial charge in [-0.25, -0.2) is 21.6 Å². The molecule has 5 rings (SSSR count). The maximum atomic E-state index is 15.2. The molecule has 0 saturated heterocycles. The van der Waals surface area contributed by atoms with E-state index < -0.39 is 40.0 Å². The number of hydrogen-bond donors (Lipinski definition) is 1. The Hall–Kier alpha value is -2.63. The van der Waals surface area contributed by atoms with Crippen molar-refractivity contribution in [3.8, 4) is 11.5 Å². The molecule has 1 saturated carbocycles. The predicted molar refractivity (Wildman–Crippen MR) is 124 cm³/mol. The first-order valence-corrected chi connectivity index (χ1v) is 13.1. The molecule has 0 bridgehead atoms. The van der Waals surface area contributed by atoms with Crippen LogP contribution in [0.1, 0.15) is 36.6 Å². The summed E-state index contributed by atoms with van der Waals surface area (Å²) >= 11 is 5.97. The van der Waals surface area contributed by atoms with Crippen molar-refractivity contribution in [3.63, 3.8) is 0 Å². The highest BCUT2D eigenvalue weighted by molar-refractivity contribution is 7.91. The fraction of sp³-hybridized carbons (Fsp3) is 0.391. The number of fused-ring (bicyclic) bond motifs is 1. The second-order valence-electron chi connectivity index (χ2n) is 9.09. The molecular formula is C23H22ClF3N4O3S. The molecule has 12 heteroatoms. The van der Waals surface area contributed by atoms with Crippen LogP contribution in [0.25, 0.3) is 11.5 Å². The van der Waals surface area contributed by atoms with Crippen LogP contribution in [0, 0.1) is 5.82 Å². The number of benzene rings is 2. The zero-order valence-corrected chi connectivity index (χ0v) is 20.0. The zero-order chi connectivity index (χ0) is 25.0. The smallest absolute Gasteiger partial charge is 0.250 e.